The molecule has 2 nitrogen and oxygen atoms in total. The standard InChI is InChI=1S/C14H26N2/c1-6-10-13(12(5)8-3)16(9-4)14(15)11-7-2/h8-9,11-13H,3-4,6-7,10,15H2,1-2,5H3/b14-11+. The molecule has 0 heterocycles. The molecule has 16 heavy (non-hydrogen) atoms. The van der Waals surface area contributed by atoms with Gasteiger partial charge in [-0.3, -0.25) is 0 Å². The smallest absolute Gasteiger partial charge is 0.0988 e. The summed E-state index contributed by atoms with van der Waals surface area (Å²) in [5.41, 5.74) is 6.04. The maximum Gasteiger partial charge on any atom is 0.0988 e. The third-order valence-corrected chi connectivity index (χ3v) is 2.83. The Bertz CT molecular complexity index is 243. The summed E-state index contributed by atoms with van der Waals surface area (Å²) in [4.78, 5) is 2.07. The molecule has 0 saturated heterocycles. The summed E-state index contributed by atoms with van der Waals surface area (Å²) < 4.78 is 0. The van der Waals surface area contributed by atoms with E-state index in [9.17, 15) is 0 Å². The molecule has 0 aliphatic carbocycles. The highest BCUT2D eigenvalue weighted by molar-refractivity contribution is 5.05. The molecule has 0 bridgehead atoms. The van der Waals surface area contributed by atoms with E-state index in [1.807, 2.05) is 18.4 Å². The molecule has 0 spiro atoms. The van der Waals surface area contributed by atoms with Gasteiger partial charge >= 0.3 is 0 Å². The molecule has 0 aromatic carbocycles. The van der Waals surface area contributed by atoms with E-state index in [1.165, 1.54) is 0 Å². The van der Waals surface area contributed by atoms with Gasteiger partial charge in [-0.2, -0.15) is 0 Å². The molecule has 0 amide bonds. The molecule has 2 heteroatoms. The normalized spacial score (nSPS) is 15.3. The second-order valence-electron chi connectivity index (χ2n) is 4.08. The van der Waals surface area contributed by atoms with Crippen molar-refractivity contribution in [2.75, 3.05) is 0 Å². The van der Waals surface area contributed by atoms with Gasteiger partial charge in [-0.05, 0) is 31.0 Å². The van der Waals surface area contributed by atoms with E-state index in [0.29, 0.717) is 12.0 Å². The van der Waals surface area contributed by atoms with E-state index in [1.54, 1.807) is 0 Å². The van der Waals surface area contributed by atoms with Gasteiger partial charge in [-0.15, -0.1) is 6.58 Å². The largest absolute Gasteiger partial charge is 0.385 e. The second kappa shape index (κ2) is 8.03. The van der Waals surface area contributed by atoms with Crippen LogP contribution in [0.4, 0.5) is 0 Å². The minimum atomic E-state index is 0.364. The lowest BCUT2D eigenvalue weighted by Gasteiger charge is -2.33. The van der Waals surface area contributed by atoms with Crippen molar-refractivity contribution in [3.63, 3.8) is 0 Å². The summed E-state index contributed by atoms with van der Waals surface area (Å²) >= 11 is 0. The van der Waals surface area contributed by atoms with Gasteiger partial charge in [0.2, 0.25) is 0 Å². The zero-order chi connectivity index (χ0) is 12.6. The highest BCUT2D eigenvalue weighted by Gasteiger charge is 2.20. The zero-order valence-electron chi connectivity index (χ0n) is 10.9. The third-order valence-electron chi connectivity index (χ3n) is 2.83. The van der Waals surface area contributed by atoms with Crippen LogP contribution in [0.2, 0.25) is 0 Å². The van der Waals surface area contributed by atoms with Crippen molar-refractivity contribution in [2.24, 2.45) is 11.7 Å². The molecule has 0 radical (unpaired) electrons. The summed E-state index contributed by atoms with van der Waals surface area (Å²) in [6, 6.07) is 0.364. The summed E-state index contributed by atoms with van der Waals surface area (Å²) in [5, 5.41) is 0. The first-order valence-electron chi connectivity index (χ1n) is 6.11. The fraction of sp³-hybridized carbons (Fsp3) is 0.571. The summed E-state index contributed by atoms with van der Waals surface area (Å²) in [7, 11) is 0. The van der Waals surface area contributed by atoms with E-state index >= 15 is 0 Å². The SMILES string of the molecule is C=CC(C)C(CCC)N(C=C)/C(N)=C/CC. The second-order valence-corrected chi connectivity index (χ2v) is 4.08. The lowest BCUT2D eigenvalue weighted by atomic mass is 9.96. The van der Waals surface area contributed by atoms with Gasteiger partial charge in [0.15, 0.2) is 0 Å². The van der Waals surface area contributed by atoms with Gasteiger partial charge < -0.3 is 10.6 Å². The van der Waals surface area contributed by atoms with Crippen molar-refractivity contribution in [1.82, 2.24) is 4.90 Å². The Balaban J connectivity index is 4.90. The fourth-order valence-electron chi connectivity index (χ4n) is 1.85. The van der Waals surface area contributed by atoms with Crippen molar-refractivity contribution < 1.29 is 0 Å². The highest BCUT2D eigenvalue weighted by Crippen LogP contribution is 2.20. The van der Waals surface area contributed by atoms with Crippen molar-refractivity contribution in [3.05, 3.63) is 37.3 Å². The van der Waals surface area contributed by atoms with Crippen molar-refractivity contribution in [3.8, 4) is 0 Å². The van der Waals surface area contributed by atoms with Crippen LogP contribution in [0.3, 0.4) is 0 Å². The average molecular weight is 222 g/mol. The Morgan fingerprint density at radius 2 is 2.00 bits per heavy atom. The molecular formula is C14H26N2. The van der Waals surface area contributed by atoms with Gasteiger partial charge in [0, 0.05) is 6.04 Å². The van der Waals surface area contributed by atoms with E-state index in [0.717, 1.165) is 25.1 Å². The van der Waals surface area contributed by atoms with Crippen LogP contribution in [-0.4, -0.2) is 10.9 Å². The number of allylic oxidation sites excluding steroid dienone is 1. The van der Waals surface area contributed by atoms with Crippen LogP contribution in [0.25, 0.3) is 0 Å². The van der Waals surface area contributed by atoms with E-state index in [4.69, 9.17) is 5.73 Å². The quantitative estimate of drug-likeness (QED) is 0.635. The molecule has 2 N–H and O–H groups in total. The van der Waals surface area contributed by atoms with E-state index in [-0.39, 0.29) is 0 Å². The maximum atomic E-state index is 6.04. The van der Waals surface area contributed by atoms with E-state index in [2.05, 4.69) is 38.8 Å². The van der Waals surface area contributed by atoms with Crippen molar-refractivity contribution in [2.45, 2.75) is 46.1 Å². The Morgan fingerprint density at radius 1 is 1.38 bits per heavy atom. The van der Waals surface area contributed by atoms with Gasteiger partial charge in [0.25, 0.3) is 0 Å². The van der Waals surface area contributed by atoms with Crippen molar-refractivity contribution in [1.29, 1.82) is 0 Å². The first kappa shape index (κ1) is 14.8. The first-order valence-corrected chi connectivity index (χ1v) is 6.11. The predicted molar refractivity (Wildman–Crippen MR) is 72.7 cm³/mol. The topological polar surface area (TPSA) is 29.3 Å². The van der Waals surface area contributed by atoms with Gasteiger partial charge in [0.05, 0.1) is 5.82 Å². The lowest BCUT2D eigenvalue weighted by molar-refractivity contribution is 0.264. The molecule has 2 atom stereocenters. The summed E-state index contributed by atoms with van der Waals surface area (Å²) in [6.45, 7) is 14.2. The molecule has 0 aromatic rings. The van der Waals surface area contributed by atoms with Gasteiger partial charge in [-0.1, -0.05) is 39.8 Å². The van der Waals surface area contributed by atoms with Crippen LogP contribution in [-0.2, 0) is 0 Å². The average Bonchev–Trinajstić information content (AvgIpc) is 2.28. The zero-order valence-corrected chi connectivity index (χ0v) is 10.9. The number of hydrogen-bond donors (Lipinski definition) is 1. The van der Waals surface area contributed by atoms with E-state index < -0.39 is 0 Å². The number of nitrogens with zero attached hydrogens (tertiary/aromatic N) is 1. The number of hydrogen-bond acceptors (Lipinski definition) is 2. The molecule has 0 fully saturated rings. The van der Waals surface area contributed by atoms with Crippen LogP contribution in [0.5, 0.6) is 0 Å². The maximum absolute atomic E-state index is 6.04. The Hall–Kier alpha value is -1.18. The van der Waals surface area contributed by atoms with Crippen LogP contribution >= 0.6 is 0 Å². The molecule has 0 saturated carbocycles. The van der Waals surface area contributed by atoms with Crippen molar-refractivity contribution >= 4 is 0 Å². The summed E-state index contributed by atoms with van der Waals surface area (Å²) in [6.07, 6.45) is 9.00. The van der Waals surface area contributed by atoms with Crippen LogP contribution in [0.15, 0.2) is 37.3 Å². The molecule has 2 unspecified atom stereocenters. The molecule has 92 valence electrons. The van der Waals surface area contributed by atoms with Gasteiger partial charge in [-0.25, -0.2) is 0 Å². The van der Waals surface area contributed by atoms with Crippen LogP contribution in [0, 0.1) is 5.92 Å². The Labute approximate surface area is 101 Å². The number of rotatable bonds is 8. The number of nitrogens with two attached hydrogens (primary N) is 1. The molecule has 0 rings (SSSR count). The first-order chi connectivity index (χ1) is 7.62. The Morgan fingerprint density at radius 3 is 2.38 bits per heavy atom. The van der Waals surface area contributed by atoms with Crippen LogP contribution < -0.4 is 5.73 Å². The van der Waals surface area contributed by atoms with Crippen LogP contribution in [0.1, 0.15) is 40.0 Å². The minimum absolute atomic E-state index is 0.364. The molecule has 0 aromatic heterocycles. The summed E-state index contributed by atoms with van der Waals surface area (Å²) in [5.74, 6) is 1.20. The lowest BCUT2D eigenvalue weighted by Crippen LogP contribution is -2.37. The molecular weight excluding hydrogens is 196 g/mol. The highest BCUT2D eigenvalue weighted by atomic mass is 15.2. The third kappa shape index (κ3) is 4.13. The minimum Gasteiger partial charge on any atom is -0.385 e. The monoisotopic (exact) mass is 222 g/mol. The molecule has 0 aliphatic heterocycles. The van der Waals surface area contributed by atoms with Gasteiger partial charge in [0.1, 0.15) is 0 Å². The fourth-order valence-corrected chi connectivity index (χ4v) is 1.85. The Kier molecular flexibility index (Phi) is 7.44. The predicted octanol–water partition coefficient (Wildman–Crippen LogP) is 3.63. The molecule has 0 aliphatic rings.